The highest BCUT2D eigenvalue weighted by molar-refractivity contribution is 7.12. The summed E-state index contributed by atoms with van der Waals surface area (Å²) in [7, 11) is 0. The van der Waals surface area contributed by atoms with Crippen molar-refractivity contribution >= 4 is 28.8 Å². The van der Waals surface area contributed by atoms with Crippen LogP contribution in [0.3, 0.4) is 0 Å². The van der Waals surface area contributed by atoms with E-state index in [1.807, 2.05) is 41.8 Å². The molecule has 2 aromatic heterocycles. The van der Waals surface area contributed by atoms with Crippen LogP contribution in [0.25, 0.3) is 11.4 Å². The molecule has 2 aliphatic rings. The second-order valence-electron chi connectivity index (χ2n) is 8.46. The molecular formula is C24H27N5O2S. The Hall–Kier alpha value is -3.00. The molecule has 2 amide bonds. The minimum atomic E-state index is -0.452. The van der Waals surface area contributed by atoms with Gasteiger partial charge >= 0.3 is 0 Å². The highest BCUT2D eigenvalue weighted by atomic mass is 32.1. The highest BCUT2D eigenvalue weighted by Crippen LogP contribution is 2.26. The highest BCUT2D eigenvalue weighted by Gasteiger charge is 2.33. The van der Waals surface area contributed by atoms with E-state index in [-0.39, 0.29) is 11.8 Å². The predicted molar refractivity (Wildman–Crippen MR) is 125 cm³/mol. The van der Waals surface area contributed by atoms with Crippen molar-refractivity contribution in [3.05, 3.63) is 52.5 Å². The number of piperidine rings is 1. The number of likely N-dealkylation sites (tertiary alicyclic amines) is 1. The average Bonchev–Trinajstić information content (AvgIpc) is 3.44. The number of benzene rings is 1. The molecule has 0 aliphatic carbocycles. The van der Waals surface area contributed by atoms with Gasteiger partial charge in [-0.1, -0.05) is 24.6 Å². The number of hydrogen-bond donors (Lipinski definition) is 1. The summed E-state index contributed by atoms with van der Waals surface area (Å²) >= 11 is 1.42. The van der Waals surface area contributed by atoms with Crippen molar-refractivity contribution in [2.45, 2.75) is 57.5 Å². The van der Waals surface area contributed by atoms with E-state index in [4.69, 9.17) is 0 Å². The molecule has 1 aromatic carbocycles. The van der Waals surface area contributed by atoms with E-state index in [2.05, 4.69) is 20.1 Å². The zero-order chi connectivity index (χ0) is 21.9. The summed E-state index contributed by atoms with van der Waals surface area (Å²) in [5.41, 5.74) is 1.66. The lowest BCUT2D eigenvalue weighted by Gasteiger charge is -2.34. The second-order valence-corrected chi connectivity index (χ2v) is 9.41. The van der Waals surface area contributed by atoms with Gasteiger partial charge in [-0.05, 0) is 55.7 Å². The van der Waals surface area contributed by atoms with Crippen LogP contribution in [0.15, 0.2) is 41.8 Å². The van der Waals surface area contributed by atoms with Gasteiger partial charge in [-0.2, -0.15) is 0 Å². The Morgan fingerprint density at radius 1 is 1.00 bits per heavy atom. The smallest absolute Gasteiger partial charge is 0.264 e. The Balaban J connectivity index is 1.35. The van der Waals surface area contributed by atoms with Gasteiger partial charge in [0.1, 0.15) is 11.9 Å². The summed E-state index contributed by atoms with van der Waals surface area (Å²) in [6.07, 6.45) is 6.99. The van der Waals surface area contributed by atoms with E-state index in [0.29, 0.717) is 23.5 Å². The molecule has 1 N–H and O–H groups in total. The summed E-state index contributed by atoms with van der Waals surface area (Å²) < 4.78 is 2.20. The average molecular weight is 450 g/mol. The molecule has 1 fully saturated rings. The van der Waals surface area contributed by atoms with Crippen molar-refractivity contribution in [3.63, 3.8) is 0 Å². The van der Waals surface area contributed by atoms with Crippen LogP contribution >= 0.6 is 11.3 Å². The fraction of sp³-hybridized carbons (Fsp3) is 0.417. The number of fused-ring (bicyclic) bond motifs is 1. The van der Waals surface area contributed by atoms with Crippen LogP contribution in [0, 0.1) is 0 Å². The van der Waals surface area contributed by atoms with E-state index < -0.39 is 6.04 Å². The number of anilines is 1. The summed E-state index contributed by atoms with van der Waals surface area (Å²) in [6, 6.07) is 11.0. The van der Waals surface area contributed by atoms with Crippen LogP contribution < -0.4 is 5.32 Å². The molecule has 32 heavy (non-hydrogen) atoms. The van der Waals surface area contributed by atoms with Crippen molar-refractivity contribution in [1.82, 2.24) is 19.7 Å². The number of nitrogens with one attached hydrogen (secondary N) is 1. The second kappa shape index (κ2) is 9.24. The molecule has 2 aliphatic heterocycles. The molecule has 0 bridgehead atoms. The summed E-state index contributed by atoms with van der Waals surface area (Å²) in [5.74, 6) is 1.70. The molecule has 0 radical (unpaired) electrons. The van der Waals surface area contributed by atoms with Gasteiger partial charge in [0.2, 0.25) is 5.91 Å². The van der Waals surface area contributed by atoms with Crippen LogP contribution in [-0.4, -0.2) is 44.1 Å². The fourth-order valence-electron chi connectivity index (χ4n) is 4.65. The summed E-state index contributed by atoms with van der Waals surface area (Å²) in [5, 5.41) is 13.8. The number of carbonyl (C=O) groups is 2. The van der Waals surface area contributed by atoms with E-state index in [1.165, 1.54) is 17.8 Å². The normalized spacial score (nSPS) is 18.6. The number of amides is 2. The molecule has 1 atom stereocenters. The van der Waals surface area contributed by atoms with Gasteiger partial charge in [0.15, 0.2) is 5.82 Å². The molecule has 4 heterocycles. The van der Waals surface area contributed by atoms with E-state index in [0.717, 1.165) is 55.9 Å². The van der Waals surface area contributed by atoms with Gasteiger partial charge in [0.05, 0.1) is 4.88 Å². The van der Waals surface area contributed by atoms with Gasteiger partial charge in [-0.3, -0.25) is 9.59 Å². The van der Waals surface area contributed by atoms with Gasteiger partial charge in [0, 0.05) is 30.8 Å². The Kier molecular flexibility index (Phi) is 6.03. The van der Waals surface area contributed by atoms with Crippen molar-refractivity contribution in [2.24, 2.45) is 0 Å². The van der Waals surface area contributed by atoms with Gasteiger partial charge in [0.25, 0.3) is 5.91 Å². The van der Waals surface area contributed by atoms with Crippen LogP contribution in [0.4, 0.5) is 5.69 Å². The number of carbonyl (C=O) groups excluding carboxylic acids is 2. The molecule has 5 rings (SSSR count). The van der Waals surface area contributed by atoms with Crippen LogP contribution in [-0.2, 0) is 17.8 Å². The third-order valence-electron chi connectivity index (χ3n) is 6.30. The van der Waals surface area contributed by atoms with E-state index in [1.54, 1.807) is 4.90 Å². The lowest BCUT2D eigenvalue weighted by atomic mass is 10.0. The maximum atomic E-state index is 13.2. The Bertz CT molecular complexity index is 1110. The van der Waals surface area contributed by atoms with Crippen molar-refractivity contribution in [1.29, 1.82) is 0 Å². The minimum Gasteiger partial charge on any atom is -0.326 e. The van der Waals surface area contributed by atoms with E-state index >= 15 is 0 Å². The third kappa shape index (κ3) is 4.19. The largest absolute Gasteiger partial charge is 0.326 e. The quantitative estimate of drug-likeness (QED) is 0.642. The zero-order valence-corrected chi connectivity index (χ0v) is 18.8. The standard InChI is InChI=1S/C24H27N5O2S/c30-23(19-10-3-5-13-28(19)24(31)20-11-7-15-32-20)25-18-9-6-8-17(16-18)22-27-26-21-12-2-1-4-14-29(21)22/h6-9,11,15-16,19H,1-5,10,12-14H2,(H,25,30). The molecule has 7 nitrogen and oxygen atoms in total. The Labute approximate surface area is 191 Å². The number of aromatic nitrogens is 3. The molecule has 0 spiro atoms. The van der Waals surface area contributed by atoms with Gasteiger partial charge in [-0.15, -0.1) is 21.5 Å². The van der Waals surface area contributed by atoms with Crippen molar-refractivity contribution < 1.29 is 9.59 Å². The lowest BCUT2D eigenvalue weighted by molar-refractivity contribution is -0.121. The third-order valence-corrected chi connectivity index (χ3v) is 7.15. The molecule has 3 aromatic rings. The van der Waals surface area contributed by atoms with Gasteiger partial charge in [-0.25, -0.2) is 0 Å². The molecule has 0 saturated carbocycles. The first-order chi connectivity index (χ1) is 15.7. The Morgan fingerprint density at radius 3 is 2.78 bits per heavy atom. The molecule has 166 valence electrons. The van der Waals surface area contributed by atoms with E-state index in [9.17, 15) is 9.59 Å². The fourth-order valence-corrected chi connectivity index (χ4v) is 5.33. The maximum Gasteiger partial charge on any atom is 0.264 e. The predicted octanol–water partition coefficient (Wildman–Crippen LogP) is 4.37. The van der Waals surface area contributed by atoms with Crippen LogP contribution in [0.5, 0.6) is 0 Å². The van der Waals surface area contributed by atoms with Crippen molar-refractivity contribution in [2.75, 3.05) is 11.9 Å². The monoisotopic (exact) mass is 449 g/mol. The molecule has 1 saturated heterocycles. The van der Waals surface area contributed by atoms with Crippen molar-refractivity contribution in [3.8, 4) is 11.4 Å². The van der Waals surface area contributed by atoms with Gasteiger partial charge < -0.3 is 14.8 Å². The first kappa shape index (κ1) is 20.9. The zero-order valence-electron chi connectivity index (χ0n) is 18.0. The number of rotatable bonds is 4. The summed E-state index contributed by atoms with van der Waals surface area (Å²) in [6.45, 7) is 1.54. The number of aryl methyl sites for hydroxylation is 1. The maximum absolute atomic E-state index is 13.2. The number of nitrogens with zero attached hydrogens (tertiary/aromatic N) is 4. The molecular weight excluding hydrogens is 422 g/mol. The van der Waals surface area contributed by atoms with Crippen LogP contribution in [0.2, 0.25) is 0 Å². The Morgan fingerprint density at radius 2 is 1.91 bits per heavy atom. The minimum absolute atomic E-state index is 0.0558. The lowest BCUT2D eigenvalue weighted by Crippen LogP contribution is -2.49. The number of thiophene rings is 1. The SMILES string of the molecule is O=C(Nc1cccc(-c2nnc3n2CCCCC3)c1)C1CCCCN1C(=O)c1cccs1. The summed E-state index contributed by atoms with van der Waals surface area (Å²) in [4.78, 5) is 28.5. The van der Waals surface area contributed by atoms with Crippen LogP contribution in [0.1, 0.15) is 54.0 Å². The molecule has 8 heteroatoms. The first-order valence-corrected chi connectivity index (χ1v) is 12.3. The first-order valence-electron chi connectivity index (χ1n) is 11.4. The topological polar surface area (TPSA) is 80.1 Å². The molecule has 1 unspecified atom stereocenters. The number of hydrogen-bond acceptors (Lipinski definition) is 5.